The van der Waals surface area contributed by atoms with Crippen molar-refractivity contribution in [3.8, 4) is 0 Å². The van der Waals surface area contributed by atoms with Crippen LogP contribution in [0.5, 0.6) is 0 Å². The van der Waals surface area contributed by atoms with Crippen LogP contribution in [0.25, 0.3) is 0 Å². The lowest BCUT2D eigenvalue weighted by Gasteiger charge is -2.36. The average molecular weight is 317 g/mol. The number of hydrogen-bond acceptors (Lipinski definition) is 2. The van der Waals surface area contributed by atoms with Crippen molar-refractivity contribution in [2.75, 3.05) is 13.1 Å². The highest BCUT2D eigenvalue weighted by Gasteiger charge is 2.31. The molecule has 0 saturated carbocycles. The molecule has 2 rings (SSSR count). The van der Waals surface area contributed by atoms with Crippen LogP contribution in [0.3, 0.4) is 0 Å². The summed E-state index contributed by atoms with van der Waals surface area (Å²) in [7, 11) is 0. The van der Waals surface area contributed by atoms with Crippen molar-refractivity contribution in [1.82, 2.24) is 4.90 Å². The van der Waals surface area contributed by atoms with Gasteiger partial charge in [-0.1, -0.05) is 12.1 Å². The van der Waals surface area contributed by atoms with Crippen molar-refractivity contribution in [3.05, 3.63) is 33.4 Å². The van der Waals surface area contributed by atoms with E-state index in [1.807, 2.05) is 0 Å². The van der Waals surface area contributed by atoms with E-state index in [9.17, 15) is 4.79 Å². The lowest BCUT2D eigenvalue weighted by Crippen LogP contribution is -2.49. The van der Waals surface area contributed by atoms with Gasteiger partial charge >= 0.3 is 5.97 Å². The van der Waals surface area contributed by atoms with Crippen LogP contribution in [0, 0.1) is 9.49 Å². The molecule has 1 aromatic rings. The molecule has 1 saturated heterocycles. The van der Waals surface area contributed by atoms with Gasteiger partial charge in [-0.25, -0.2) is 0 Å². The molecule has 0 spiro atoms. The maximum atomic E-state index is 10.6. The van der Waals surface area contributed by atoms with Crippen molar-refractivity contribution >= 4 is 28.6 Å². The molecule has 1 N–H and O–H groups in total. The average Bonchev–Trinajstić information content (AvgIpc) is 2.13. The number of carboxylic acids is 1. The number of likely N-dealkylation sites (tertiary alicyclic amines) is 1. The van der Waals surface area contributed by atoms with E-state index in [4.69, 9.17) is 5.11 Å². The molecule has 1 fully saturated rings. The molecule has 1 aliphatic rings. The standard InChI is InChI=1S/C11H12INO2/c12-10-3-1-8(2-4-10)5-13-6-9(7-13)11(14)15/h1-4,9H,5-7H2,(H,14,15). The maximum absolute atomic E-state index is 10.6. The van der Waals surface area contributed by atoms with E-state index < -0.39 is 5.97 Å². The summed E-state index contributed by atoms with van der Waals surface area (Å²) in [5, 5.41) is 8.73. The normalized spacial score (nSPS) is 17.4. The zero-order valence-corrected chi connectivity index (χ0v) is 10.3. The first kappa shape index (κ1) is 10.9. The van der Waals surface area contributed by atoms with Crippen molar-refractivity contribution in [2.45, 2.75) is 6.54 Å². The lowest BCUT2D eigenvalue weighted by atomic mass is 10.00. The van der Waals surface area contributed by atoms with E-state index in [-0.39, 0.29) is 5.92 Å². The monoisotopic (exact) mass is 317 g/mol. The fourth-order valence-corrected chi connectivity index (χ4v) is 2.06. The zero-order chi connectivity index (χ0) is 10.8. The summed E-state index contributed by atoms with van der Waals surface area (Å²) in [5.41, 5.74) is 1.25. The Morgan fingerprint density at radius 1 is 1.40 bits per heavy atom. The second kappa shape index (κ2) is 4.49. The first-order valence-corrected chi connectivity index (χ1v) is 5.92. The quantitative estimate of drug-likeness (QED) is 0.865. The van der Waals surface area contributed by atoms with Gasteiger partial charge in [0.05, 0.1) is 5.92 Å². The molecule has 0 amide bonds. The van der Waals surface area contributed by atoms with Crippen molar-refractivity contribution in [3.63, 3.8) is 0 Å². The minimum atomic E-state index is -0.672. The highest BCUT2D eigenvalue weighted by Crippen LogP contribution is 2.19. The molecular formula is C11H12INO2. The van der Waals surface area contributed by atoms with Gasteiger partial charge in [-0.05, 0) is 40.3 Å². The molecule has 0 bridgehead atoms. The molecule has 15 heavy (non-hydrogen) atoms. The predicted octanol–water partition coefficient (Wildman–Crippen LogP) is 1.81. The van der Waals surface area contributed by atoms with Crippen molar-refractivity contribution < 1.29 is 9.90 Å². The van der Waals surface area contributed by atoms with E-state index >= 15 is 0 Å². The first-order valence-electron chi connectivity index (χ1n) is 4.85. The Morgan fingerprint density at radius 2 is 2.00 bits per heavy atom. The highest BCUT2D eigenvalue weighted by atomic mass is 127. The van der Waals surface area contributed by atoms with Gasteiger partial charge in [0, 0.05) is 23.2 Å². The third kappa shape index (κ3) is 2.69. The Hall–Kier alpha value is -0.620. The molecule has 80 valence electrons. The molecule has 1 heterocycles. The van der Waals surface area contributed by atoms with Crippen LogP contribution >= 0.6 is 22.6 Å². The summed E-state index contributed by atoms with van der Waals surface area (Å²) >= 11 is 2.27. The Labute approximate surface area is 102 Å². The van der Waals surface area contributed by atoms with Crippen LogP contribution < -0.4 is 0 Å². The number of halogens is 1. The van der Waals surface area contributed by atoms with Crippen LogP contribution in [0.2, 0.25) is 0 Å². The van der Waals surface area contributed by atoms with Crippen LogP contribution in [-0.2, 0) is 11.3 Å². The maximum Gasteiger partial charge on any atom is 0.309 e. The molecule has 4 heteroatoms. The van der Waals surface area contributed by atoms with Gasteiger partial charge in [0.2, 0.25) is 0 Å². The largest absolute Gasteiger partial charge is 0.481 e. The molecule has 0 aliphatic carbocycles. The van der Waals surface area contributed by atoms with Gasteiger partial charge < -0.3 is 5.11 Å². The molecule has 0 atom stereocenters. The van der Waals surface area contributed by atoms with Crippen LogP contribution in [0.4, 0.5) is 0 Å². The second-order valence-corrected chi connectivity index (χ2v) is 5.10. The summed E-state index contributed by atoms with van der Waals surface area (Å²) in [6, 6.07) is 8.33. The molecular weight excluding hydrogens is 305 g/mol. The summed E-state index contributed by atoms with van der Waals surface area (Å²) in [6.45, 7) is 2.23. The molecule has 0 aromatic heterocycles. The van der Waals surface area contributed by atoms with E-state index in [0.29, 0.717) is 13.1 Å². The van der Waals surface area contributed by atoms with Gasteiger partial charge in [0.1, 0.15) is 0 Å². The Kier molecular flexibility index (Phi) is 3.25. The van der Waals surface area contributed by atoms with E-state index in [0.717, 1.165) is 6.54 Å². The third-order valence-corrected chi connectivity index (χ3v) is 3.35. The number of benzene rings is 1. The van der Waals surface area contributed by atoms with Crippen molar-refractivity contribution in [2.24, 2.45) is 5.92 Å². The van der Waals surface area contributed by atoms with Crippen LogP contribution in [0.15, 0.2) is 24.3 Å². The number of hydrogen-bond donors (Lipinski definition) is 1. The predicted molar refractivity (Wildman–Crippen MR) is 65.6 cm³/mol. The van der Waals surface area contributed by atoms with Gasteiger partial charge in [-0.2, -0.15) is 0 Å². The van der Waals surface area contributed by atoms with Gasteiger partial charge in [0.25, 0.3) is 0 Å². The number of rotatable bonds is 3. The molecule has 0 unspecified atom stereocenters. The minimum absolute atomic E-state index is 0.158. The summed E-state index contributed by atoms with van der Waals surface area (Å²) in [4.78, 5) is 12.8. The first-order chi connectivity index (χ1) is 7.15. The molecule has 0 radical (unpaired) electrons. The highest BCUT2D eigenvalue weighted by molar-refractivity contribution is 14.1. The lowest BCUT2D eigenvalue weighted by molar-refractivity contribution is -0.147. The number of aliphatic carboxylic acids is 1. The van der Waals surface area contributed by atoms with Gasteiger partial charge in [-0.15, -0.1) is 0 Å². The van der Waals surface area contributed by atoms with E-state index in [1.165, 1.54) is 9.13 Å². The van der Waals surface area contributed by atoms with Crippen LogP contribution in [0.1, 0.15) is 5.56 Å². The second-order valence-electron chi connectivity index (χ2n) is 3.86. The number of nitrogens with zero attached hydrogens (tertiary/aromatic N) is 1. The smallest absolute Gasteiger partial charge is 0.309 e. The molecule has 3 nitrogen and oxygen atoms in total. The number of carboxylic acid groups (broad SMARTS) is 1. The minimum Gasteiger partial charge on any atom is -0.481 e. The van der Waals surface area contributed by atoms with Gasteiger partial charge in [-0.3, -0.25) is 9.69 Å². The van der Waals surface area contributed by atoms with Crippen molar-refractivity contribution in [1.29, 1.82) is 0 Å². The van der Waals surface area contributed by atoms with Gasteiger partial charge in [0.15, 0.2) is 0 Å². The topological polar surface area (TPSA) is 40.5 Å². The SMILES string of the molecule is O=C(O)C1CN(Cc2ccc(I)cc2)C1. The molecule has 1 aliphatic heterocycles. The molecule has 1 aromatic carbocycles. The van der Waals surface area contributed by atoms with E-state index in [2.05, 4.69) is 51.8 Å². The third-order valence-electron chi connectivity index (χ3n) is 2.63. The fraction of sp³-hybridized carbons (Fsp3) is 0.364. The summed E-state index contributed by atoms with van der Waals surface area (Å²) in [5.74, 6) is -0.831. The van der Waals surface area contributed by atoms with Crippen LogP contribution in [-0.4, -0.2) is 29.1 Å². The summed E-state index contributed by atoms with van der Waals surface area (Å²) < 4.78 is 1.23. The summed E-state index contributed by atoms with van der Waals surface area (Å²) in [6.07, 6.45) is 0. The van der Waals surface area contributed by atoms with E-state index in [1.54, 1.807) is 0 Å². The zero-order valence-electron chi connectivity index (χ0n) is 8.19. The fourth-order valence-electron chi connectivity index (χ4n) is 1.70. The Bertz CT molecular complexity index is 357. The number of carbonyl (C=O) groups is 1. The Balaban J connectivity index is 1.85. The Morgan fingerprint density at radius 3 is 2.53 bits per heavy atom.